The van der Waals surface area contributed by atoms with Crippen molar-refractivity contribution in [2.24, 2.45) is 0 Å². The highest BCUT2D eigenvalue weighted by molar-refractivity contribution is 5.90. The van der Waals surface area contributed by atoms with E-state index in [9.17, 15) is 9.59 Å². The molecule has 1 heterocycles. The summed E-state index contributed by atoms with van der Waals surface area (Å²) in [6.45, 7) is 2.38. The van der Waals surface area contributed by atoms with Gasteiger partial charge in [0.05, 0.1) is 0 Å². The van der Waals surface area contributed by atoms with E-state index < -0.39 is 6.10 Å². The van der Waals surface area contributed by atoms with Crippen molar-refractivity contribution in [3.05, 3.63) is 0 Å². The molecule has 0 bridgehead atoms. The van der Waals surface area contributed by atoms with Crippen molar-refractivity contribution in [3.8, 4) is 0 Å². The molecule has 1 saturated heterocycles. The van der Waals surface area contributed by atoms with Gasteiger partial charge in [-0.05, 0) is 32.6 Å². The zero-order valence-corrected chi connectivity index (χ0v) is 10.4. The summed E-state index contributed by atoms with van der Waals surface area (Å²) < 4.78 is 5.02. The van der Waals surface area contributed by atoms with Gasteiger partial charge in [0.25, 0.3) is 5.91 Å². The molecule has 0 aromatic heterocycles. The van der Waals surface area contributed by atoms with Gasteiger partial charge < -0.3 is 15.0 Å². The molecule has 5 heteroatoms. The van der Waals surface area contributed by atoms with Gasteiger partial charge in [-0.25, -0.2) is 0 Å². The van der Waals surface area contributed by atoms with Gasteiger partial charge in [0.2, 0.25) is 5.91 Å². The van der Waals surface area contributed by atoms with Crippen LogP contribution in [0.4, 0.5) is 0 Å². The molecule has 2 amide bonds. The third-order valence-corrected chi connectivity index (χ3v) is 3.46. The number of hydrogen-bond acceptors (Lipinski definition) is 3. The van der Waals surface area contributed by atoms with Crippen molar-refractivity contribution < 1.29 is 14.3 Å². The minimum absolute atomic E-state index is 0.00153. The Morgan fingerprint density at radius 2 is 2.06 bits per heavy atom. The molecule has 1 saturated carbocycles. The van der Waals surface area contributed by atoms with E-state index >= 15 is 0 Å². The lowest BCUT2D eigenvalue weighted by molar-refractivity contribution is -0.145. The van der Waals surface area contributed by atoms with Crippen LogP contribution in [0.3, 0.4) is 0 Å². The summed E-state index contributed by atoms with van der Waals surface area (Å²) >= 11 is 0. The Kier molecular flexibility index (Phi) is 3.66. The number of ether oxygens (including phenoxy) is 1. The van der Waals surface area contributed by atoms with Crippen LogP contribution in [0.25, 0.3) is 0 Å². The number of nitrogens with zero attached hydrogens (tertiary/aromatic N) is 1. The fourth-order valence-electron chi connectivity index (χ4n) is 2.16. The zero-order valence-electron chi connectivity index (χ0n) is 10.4. The van der Waals surface area contributed by atoms with Crippen molar-refractivity contribution >= 4 is 11.8 Å². The predicted molar refractivity (Wildman–Crippen MR) is 62.4 cm³/mol. The largest absolute Gasteiger partial charge is 0.372 e. The number of rotatable bonds is 4. The highest BCUT2D eigenvalue weighted by Gasteiger charge is 2.37. The maximum absolute atomic E-state index is 12.0. The molecule has 17 heavy (non-hydrogen) atoms. The summed E-state index contributed by atoms with van der Waals surface area (Å²) in [6.07, 6.45) is 3.33. The van der Waals surface area contributed by atoms with E-state index in [1.807, 2.05) is 0 Å². The van der Waals surface area contributed by atoms with Gasteiger partial charge in [-0.1, -0.05) is 0 Å². The predicted octanol–water partition coefficient (Wildman–Crippen LogP) is 0.291. The van der Waals surface area contributed by atoms with Crippen LogP contribution in [0, 0.1) is 0 Å². The fourth-order valence-corrected chi connectivity index (χ4v) is 2.16. The van der Waals surface area contributed by atoms with Crippen LogP contribution in [0.1, 0.15) is 32.6 Å². The first-order valence-electron chi connectivity index (χ1n) is 6.27. The van der Waals surface area contributed by atoms with Crippen LogP contribution in [0.15, 0.2) is 0 Å². The molecule has 2 unspecified atom stereocenters. The second kappa shape index (κ2) is 5.04. The van der Waals surface area contributed by atoms with E-state index in [2.05, 4.69) is 5.32 Å². The van der Waals surface area contributed by atoms with E-state index in [-0.39, 0.29) is 17.9 Å². The smallest absolute Gasteiger partial charge is 0.252 e. The molecule has 0 aromatic carbocycles. The molecule has 1 aliphatic heterocycles. The van der Waals surface area contributed by atoms with Crippen LogP contribution in [-0.2, 0) is 14.3 Å². The second-order valence-corrected chi connectivity index (χ2v) is 4.85. The molecule has 2 fully saturated rings. The molecule has 0 radical (unpaired) electrons. The first kappa shape index (κ1) is 12.4. The highest BCUT2D eigenvalue weighted by Crippen LogP contribution is 2.23. The quantitative estimate of drug-likeness (QED) is 0.768. The topological polar surface area (TPSA) is 58.6 Å². The molecule has 0 aromatic rings. The fraction of sp³-hybridized carbons (Fsp3) is 0.833. The molecule has 2 rings (SSSR count). The third kappa shape index (κ3) is 2.77. The summed E-state index contributed by atoms with van der Waals surface area (Å²) in [4.78, 5) is 25.6. The normalized spacial score (nSPS) is 25.8. The van der Waals surface area contributed by atoms with Gasteiger partial charge in [0, 0.05) is 19.7 Å². The average molecular weight is 240 g/mol. The number of methoxy groups -OCH3 is 1. The van der Waals surface area contributed by atoms with Crippen LogP contribution in [0.5, 0.6) is 0 Å². The molecule has 2 aliphatic rings. The maximum atomic E-state index is 12.0. The first-order chi connectivity index (χ1) is 8.13. The lowest BCUT2D eigenvalue weighted by Gasteiger charge is -2.26. The van der Waals surface area contributed by atoms with Gasteiger partial charge in [0.15, 0.2) is 0 Å². The minimum atomic E-state index is -0.468. The number of nitrogens with one attached hydrogen (secondary N) is 1. The minimum Gasteiger partial charge on any atom is -0.372 e. The molecule has 96 valence electrons. The van der Waals surface area contributed by atoms with E-state index in [1.165, 1.54) is 7.11 Å². The Morgan fingerprint density at radius 1 is 1.35 bits per heavy atom. The van der Waals surface area contributed by atoms with Gasteiger partial charge in [-0.3, -0.25) is 9.59 Å². The van der Waals surface area contributed by atoms with Crippen molar-refractivity contribution in [3.63, 3.8) is 0 Å². The standard InChI is InChI=1S/C12H20N2O3/c1-8(17-2)12(16)14-7-3-4-10(14)11(15)13-9-5-6-9/h8-10H,3-7H2,1-2H3,(H,13,15). The zero-order chi connectivity index (χ0) is 12.4. The number of hydrogen-bond donors (Lipinski definition) is 1. The monoisotopic (exact) mass is 240 g/mol. The molecule has 0 spiro atoms. The number of amides is 2. The second-order valence-electron chi connectivity index (χ2n) is 4.85. The van der Waals surface area contributed by atoms with Gasteiger partial charge in [0.1, 0.15) is 12.1 Å². The average Bonchev–Trinajstić information content (AvgIpc) is 2.99. The number of carbonyl (C=O) groups is 2. The Bertz CT molecular complexity index is 315. The first-order valence-corrected chi connectivity index (χ1v) is 6.27. The maximum Gasteiger partial charge on any atom is 0.252 e. The summed E-state index contributed by atoms with van der Waals surface area (Å²) in [5, 5.41) is 2.96. The highest BCUT2D eigenvalue weighted by atomic mass is 16.5. The Hall–Kier alpha value is -1.10. The van der Waals surface area contributed by atoms with Crippen molar-refractivity contribution in [2.45, 2.75) is 50.8 Å². The summed E-state index contributed by atoms with van der Waals surface area (Å²) in [7, 11) is 1.51. The molecule has 2 atom stereocenters. The molecule has 5 nitrogen and oxygen atoms in total. The summed E-state index contributed by atoms with van der Waals surface area (Å²) in [6, 6.07) is 0.0561. The SMILES string of the molecule is COC(C)C(=O)N1CCCC1C(=O)NC1CC1. The summed E-state index contributed by atoms with van der Waals surface area (Å²) in [5.74, 6) is -0.0809. The molecule has 1 aliphatic carbocycles. The Morgan fingerprint density at radius 3 is 2.65 bits per heavy atom. The van der Waals surface area contributed by atoms with E-state index in [0.29, 0.717) is 12.6 Å². The Balaban J connectivity index is 1.95. The molecule has 1 N–H and O–H groups in total. The van der Waals surface area contributed by atoms with E-state index in [1.54, 1.807) is 11.8 Å². The van der Waals surface area contributed by atoms with E-state index in [0.717, 1.165) is 25.7 Å². The van der Waals surface area contributed by atoms with Gasteiger partial charge in [-0.15, -0.1) is 0 Å². The Labute approximate surface area is 101 Å². The molecular formula is C12H20N2O3. The summed E-state index contributed by atoms with van der Waals surface area (Å²) in [5.41, 5.74) is 0. The van der Waals surface area contributed by atoms with Crippen molar-refractivity contribution in [1.82, 2.24) is 10.2 Å². The number of carbonyl (C=O) groups excluding carboxylic acids is 2. The lowest BCUT2D eigenvalue weighted by Crippen LogP contribution is -2.49. The van der Waals surface area contributed by atoms with Crippen molar-refractivity contribution in [2.75, 3.05) is 13.7 Å². The van der Waals surface area contributed by atoms with Gasteiger partial charge >= 0.3 is 0 Å². The number of likely N-dealkylation sites (tertiary alicyclic amines) is 1. The molecular weight excluding hydrogens is 220 g/mol. The van der Waals surface area contributed by atoms with Crippen LogP contribution >= 0.6 is 0 Å². The van der Waals surface area contributed by atoms with Crippen LogP contribution in [-0.4, -0.2) is 48.6 Å². The third-order valence-electron chi connectivity index (χ3n) is 3.46. The lowest BCUT2D eigenvalue weighted by atomic mass is 10.2. The van der Waals surface area contributed by atoms with Gasteiger partial charge in [-0.2, -0.15) is 0 Å². The van der Waals surface area contributed by atoms with E-state index in [4.69, 9.17) is 4.74 Å². The van der Waals surface area contributed by atoms with Crippen LogP contribution < -0.4 is 5.32 Å². The van der Waals surface area contributed by atoms with Crippen LogP contribution in [0.2, 0.25) is 0 Å². The van der Waals surface area contributed by atoms with Crippen molar-refractivity contribution in [1.29, 1.82) is 0 Å².